The van der Waals surface area contributed by atoms with Crippen LogP contribution in [0.1, 0.15) is 37.4 Å². The third-order valence-corrected chi connectivity index (χ3v) is 4.96. The van der Waals surface area contributed by atoms with Gasteiger partial charge in [0.25, 0.3) is 5.91 Å². The minimum atomic E-state index is -0.0624. The van der Waals surface area contributed by atoms with Crippen molar-refractivity contribution in [1.29, 1.82) is 5.26 Å². The van der Waals surface area contributed by atoms with Gasteiger partial charge in [-0.05, 0) is 43.7 Å². The van der Waals surface area contributed by atoms with Gasteiger partial charge in [0, 0.05) is 37.3 Å². The number of amides is 1. The quantitative estimate of drug-likeness (QED) is 0.786. The van der Waals surface area contributed by atoms with Crippen LogP contribution in [0.15, 0.2) is 42.5 Å². The van der Waals surface area contributed by atoms with E-state index in [1.807, 2.05) is 32.0 Å². The fourth-order valence-corrected chi connectivity index (χ4v) is 3.34. The number of benzene rings is 2. The molecule has 0 saturated carbocycles. The number of Topliss-reactive ketones (excluding diaryl/α,β-unsaturated/α-hetero) is 1. The first kappa shape index (κ1) is 18.8. The van der Waals surface area contributed by atoms with Crippen LogP contribution in [-0.2, 0) is 0 Å². The number of ketones is 1. The van der Waals surface area contributed by atoms with E-state index >= 15 is 0 Å². The molecule has 5 nitrogen and oxygen atoms in total. The van der Waals surface area contributed by atoms with Gasteiger partial charge in [0.05, 0.1) is 18.2 Å². The van der Waals surface area contributed by atoms with Crippen molar-refractivity contribution < 1.29 is 9.59 Å². The van der Waals surface area contributed by atoms with Gasteiger partial charge < -0.3 is 4.90 Å². The molecule has 0 aromatic heterocycles. The molecule has 1 heterocycles. The van der Waals surface area contributed by atoms with Gasteiger partial charge in [-0.15, -0.1) is 0 Å². The Morgan fingerprint density at radius 2 is 1.78 bits per heavy atom. The molecule has 0 bridgehead atoms. The van der Waals surface area contributed by atoms with Crippen molar-refractivity contribution in [2.45, 2.75) is 13.8 Å². The summed E-state index contributed by atoms with van der Waals surface area (Å²) in [7, 11) is 0. The van der Waals surface area contributed by atoms with Gasteiger partial charge in [-0.3, -0.25) is 14.5 Å². The van der Waals surface area contributed by atoms with Gasteiger partial charge in [-0.2, -0.15) is 5.26 Å². The first-order valence-electron chi connectivity index (χ1n) is 9.10. The predicted octanol–water partition coefficient (Wildman–Crippen LogP) is 2.82. The summed E-state index contributed by atoms with van der Waals surface area (Å²) < 4.78 is 0. The van der Waals surface area contributed by atoms with Crippen LogP contribution in [0.5, 0.6) is 0 Å². The molecule has 1 fully saturated rings. The highest BCUT2D eigenvalue weighted by Gasteiger charge is 2.24. The van der Waals surface area contributed by atoms with E-state index in [0.29, 0.717) is 43.9 Å². The minimum Gasteiger partial charge on any atom is -0.336 e. The minimum absolute atomic E-state index is 0.0624. The summed E-state index contributed by atoms with van der Waals surface area (Å²) in [6.45, 7) is 6.81. The predicted molar refractivity (Wildman–Crippen MR) is 104 cm³/mol. The van der Waals surface area contributed by atoms with Crippen LogP contribution in [0.2, 0.25) is 0 Å². The van der Waals surface area contributed by atoms with Crippen molar-refractivity contribution in [2.24, 2.45) is 0 Å². The van der Waals surface area contributed by atoms with Gasteiger partial charge in [-0.1, -0.05) is 23.8 Å². The Balaban J connectivity index is 1.58. The lowest BCUT2D eigenvalue weighted by atomic mass is 10.0. The van der Waals surface area contributed by atoms with E-state index in [2.05, 4.69) is 11.0 Å². The smallest absolute Gasteiger partial charge is 0.253 e. The Bertz CT molecular complexity index is 906. The first-order valence-corrected chi connectivity index (χ1v) is 9.10. The monoisotopic (exact) mass is 361 g/mol. The Morgan fingerprint density at radius 1 is 1.04 bits per heavy atom. The van der Waals surface area contributed by atoms with Crippen molar-refractivity contribution in [3.8, 4) is 6.07 Å². The molecular formula is C22H23N3O2. The highest BCUT2D eigenvalue weighted by molar-refractivity contribution is 5.99. The number of nitrogens with zero attached hydrogens (tertiary/aromatic N) is 3. The molecule has 1 aliphatic rings. The van der Waals surface area contributed by atoms with Gasteiger partial charge in [0.15, 0.2) is 5.78 Å². The summed E-state index contributed by atoms with van der Waals surface area (Å²) in [5.41, 5.74) is 3.88. The molecule has 27 heavy (non-hydrogen) atoms. The maximum absolute atomic E-state index is 12.6. The number of piperazine rings is 1. The zero-order valence-corrected chi connectivity index (χ0v) is 15.7. The highest BCUT2D eigenvalue weighted by atomic mass is 16.2. The Hall–Kier alpha value is -2.97. The molecule has 1 saturated heterocycles. The summed E-state index contributed by atoms with van der Waals surface area (Å²) in [4.78, 5) is 29.2. The second-order valence-corrected chi connectivity index (χ2v) is 7.00. The molecular weight excluding hydrogens is 338 g/mol. The number of nitriles is 1. The molecule has 0 atom stereocenters. The number of carbonyl (C=O) groups excluding carboxylic acids is 2. The van der Waals surface area contributed by atoms with E-state index < -0.39 is 0 Å². The van der Waals surface area contributed by atoms with Gasteiger partial charge >= 0.3 is 0 Å². The van der Waals surface area contributed by atoms with Crippen LogP contribution in [-0.4, -0.2) is 54.2 Å². The molecule has 138 valence electrons. The number of carbonyl (C=O) groups is 2. The lowest BCUT2D eigenvalue weighted by Gasteiger charge is -2.34. The van der Waals surface area contributed by atoms with Crippen LogP contribution in [0.4, 0.5) is 0 Å². The van der Waals surface area contributed by atoms with E-state index in [4.69, 9.17) is 5.26 Å². The molecule has 0 N–H and O–H groups in total. The second-order valence-electron chi connectivity index (χ2n) is 7.00. The van der Waals surface area contributed by atoms with Gasteiger partial charge in [-0.25, -0.2) is 0 Å². The lowest BCUT2D eigenvalue weighted by molar-refractivity contribution is 0.0624. The molecule has 5 heteroatoms. The van der Waals surface area contributed by atoms with E-state index in [1.165, 1.54) is 0 Å². The van der Waals surface area contributed by atoms with Gasteiger partial charge in [0.2, 0.25) is 0 Å². The fourth-order valence-electron chi connectivity index (χ4n) is 3.34. The topological polar surface area (TPSA) is 64.4 Å². The molecule has 3 rings (SSSR count). The average molecular weight is 361 g/mol. The molecule has 2 aromatic carbocycles. The molecule has 0 radical (unpaired) electrons. The van der Waals surface area contributed by atoms with Crippen LogP contribution in [0, 0.1) is 25.2 Å². The molecule has 2 aromatic rings. The maximum atomic E-state index is 12.6. The first-order chi connectivity index (χ1) is 13.0. The second kappa shape index (κ2) is 8.15. The Labute approximate surface area is 159 Å². The highest BCUT2D eigenvalue weighted by Crippen LogP contribution is 2.14. The standard InChI is InChI=1S/C22H23N3O2/c1-16-6-7-17(2)20(12-16)21(26)15-24-8-10-25(11-9-24)22(27)19-5-3-4-18(13-19)14-23/h3-7,12-13H,8-11,15H2,1-2H3. The van der Waals surface area contributed by atoms with Crippen molar-refractivity contribution >= 4 is 11.7 Å². The Kier molecular flexibility index (Phi) is 5.68. The zero-order valence-electron chi connectivity index (χ0n) is 15.7. The SMILES string of the molecule is Cc1ccc(C)c(C(=O)CN2CCN(C(=O)c3cccc(C#N)c3)CC2)c1. The van der Waals surface area contributed by atoms with Crippen molar-refractivity contribution in [2.75, 3.05) is 32.7 Å². The van der Waals surface area contributed by atoms with Crippen LogP contribution < -0.4 is 0 Å². The number of hydrogen-bond donors (Lipinski definition) is 0. The molecule has 0 unspecified atom stereocenters. The average Bonchev–Trinajstić information content (AvgIpc) is 2.69. The summed E-state index contributed by atoms with van der Waals surface area (Å²) in [5.74, 6) is 0.0605. The lowest BCUT2D eigenvalue weighted by Crippen LogP contribution is -2.50. The number of rotatable bonds is 4. The summed E-state index contributed by atoms with van der Waals surface area (Å²) >= 11 is 0. The normalized spacial score (nSPS) is 14.6. The maximum Gasteiger partial charge on any atom is 0.253 e. The van der Waals surface area contributed by atoms with Gasteiger partial charge in [0.1, 0.15) is 0 Å². The zero-order chi connectivity index (χ0) is 19.4. The van der Waals surface area contributed by atoms with E-state index in [0.717, 1.165) is 16.7 Å². The van der Waals surface area contributed by atoms with Crippen molar-refractivity contribution in [3.05, 3.63) is 70.3 Å². The number of hydrogen-bond acceptors (Lipinski definition) is 4. The third kappa shape index (κ3) is 4.42. The molecule has 1 amide bonds. The van der Waals surface area contributed by atoms with Crippen LogP contribution in [0.25, 0.3) is 0 Å². The number of aryl methyl sites for hydroxylation is 2. The van der Waals surface area contributed by atoms with E-state index in [1.54, 1.807) is 29.2 Å². The van der Waals surface area contributed by atoms with E-state index in [9.17, 15) is 9.59 Å². The summed E-state index contributed by atoms with van der Waals surface area (Å²) in [6.07, 6.45) is 0. The van der Waals surface area contributed by atoms with Crippen molar-refractivity contribution in [3.63, 3.8) is 0 Å². The van der Waals surface area contributed by atoms with E-state index in [-0.39, 0.29) is 11.7 Å². The summed E-state index contributed by atoms with van der Waals surface area (Å²) in [5, 5.41) is 8.99. The Morgan fingerprint density at radius 3 is 2.48 bits per heavy atom. The molecule has 1 aliphatic heterocycles. The van der Waals surface area contributed by atoms with Crippen LogP contribution >= 0.6 is 0 Å². The fraction of sp³-hybridized carbons (Fsp3) is 0.318. The molecule has 0 aliphatic carbocycles. The van der Waals surface area contributed by atoms with Crippen LogP contribution in [0.3, 0.4) is 0 Å². The largest absolute Gasteiger partial charge is 0.336 e. The third-order valence-electron chi connectivity index (χ3n) is 4.96. The molecule has 0 spiro atoms. The van der Waals surface area contributed by atoms with Crippen molar-refractivity contribution in [1.82, 2.24) is 9.80 Å². The summed E-state index contributed by atoms with van der Waals surface area (Å²) in [6, 6.07) is 14.8.